The molecule has 1 aliphatic heterocycles. The number of amides is 3. The van der Waals surface area contributed by atoms with Gasteiger partial charge in [0.2, 0.25) is 17.7 Å². The summed E-state index contributed by atoms with van der Waals surface area (Å²) in [6.07, 6.45) is 3.35. The number of hydrogen-bond acceptors (Lipinski definition) is 4. The molecule has 3 amide bonds. The third-order valence-electron chi connectivity index (χ3n) is 4.81. The van der Waals surface area contributed by atoms with Gasteiger partial charge in [-0.3, -0.25) is 14.4 Å². The first kappa shape index (κ1) is 21.1. The second-order valence-electron chi connectivity index (χ2n) is 6.93. The first-order valence-electron chi connectivity index (χ1n) is 9.80. The van der Waals surface area contributed by atoms with Crippen LogP contribution in [-0.4, -0.2) is 44.5 Å². The van der Waals surface area contributed by atoms with E-state index in [1.54, 1.807) is 30.2 Å². The van der Waals surface area contributed by atoms with Crippen LogP contribution in [0.1, 0.15) is 12.0 Å². The number of hydrogen-bond donors (Lipinski definition) is 2. The molecule has 0 saturated carbocycles. The van der Waals surface area contributed by atoms with Crippen LogP contribution in [0.5, 0.6) is 5.75 Å². The van der Waals surface area contributed by atoms with Crippen LogP contribution >= 0.6 is 0 Å². The van der Waals surface area contributed by atoms with Crippen LogP contribution in [0.3, 0.4) is 0 Å². The smallest absolute Gasteiger partial charge is 0.244 e. The fourth-order valence-electron chi connectivity index (χ4n) is 3.22. The molecule has 1 aliphatic rings. The molecule has 1 unspecified atom stereocenters. The summed E-state index contributed by atoms with van der Waals surface area (Å²) in [5, 5.41) is 5.51. The largest absolute Gasteiger partial charge is 0.497 e. The number of ether oxygens (including phenoxy) is 1. The van der Waals surface area contributed by atoms with Crippen LogP contribution in [0.15, 0.2) is 60.7 Å². The minimum absolute atomic E-state index is 0.0947. The van der Waals surface area contributed by atoms with Crippen LogP contribution in [0.2, 0.25) is 0 Å². The lowest BCUT2D eigenvalue weighted by molar-refractivity contribution is -0.126. The van der Waals surface area contributed by atoms with Gasteiger partial charge in [-0.05, 0) is 23.8 Å². The van der Waals surface area contributed by atoms with E-state index in [0.717, 1.165) is 5.56 Å². The van der Waals surface area contributed by atoms with E-state index < -0.39 is 5.92 Å². The average Bonchev–Trinajstić information content (AvgIpc) is 3.17. The molecule has 3 rings (SSSR count). The normalized spacial score (nSPS) is 16.0. The highest BCUT2D eigenvalue weighted by Gasteiger charge is 2.35. The van der Waals surface area contributed by atoms with Gasteiger partial charge in [0, 0.05) is 43.9 Å². The molecule has 1 fully saturated rings. The van der Waals surface area contributed by atoms with Gasteiger partial charge in [-0.15, -0.1) is 0 Å². The van der Waals surface area contributed by atoms with Crippen molar-refractivity contribution >= 4 is 29.5 Å². The van der Waals surface area contributed by atoms with Crippen molar-refractivity contribution in [2.75, 3.05) is 31.6 Å². The summed E-state index contributed by atoms with van der Waals surface area (Å²) in [5.74, 6) is -0.276. The third kappa shape index (κ3) is 5.70. The van der Waals surface area contributed by atoms with Gasteiger partial charge in [-0.2, -0.15) is 0 Å². The lowest BCUT2D eigenvalue weighted by atomic mass is 10.1. The van der Waals surface area contributed by atoms with Crippen molar-refractivity contribution in [2.24, 2.45) is 5.92 Å². The number of nitrogens with zero attached hydrogens (tertiary/aromatic N) is 1. The Bertz CT molecular complexity index is 927. The molecule has 0 spiro atoms. The molecule has 0 aliphatic carbocycles. The first-order valence-corrected chi connectivity index (χ1v) is 9.80. The monoisotopic (exact) mass is 407 g/mol. The van der Waals surface area contributed by atoms with Gasteiger partial charge in [0.05, 0.1) is 13.0 Å². The lowest BCUT2D eigenvalue weighted by Crippen LogP contribution is -2.38. The molecule has 1 atom stereocenters. The molecular weight excluding hydrogens is 382 g/mol. The van der Waals surface area contributed by atoms with Gasteiger partial charge < -0.3 is 20.3 Å². The Kier molecular flexibility index (Phi) is 7.21. The molecule has 1 heterocycles. The van der Waals surface area contributed by atoms with Crippen molar-refractivity contribution in [3.63, 3.8) is 0 Å². The minimum Gasteiger partial charge on any atom is -0.497 e. The van der Waals surface area contributed by atoms with Gasteiger partial charge in [0.15, 0.2) is 0 Å². The van der Waals surface area contributed by atoms with E-state index in [1.165, 1.54) is 6.08 Å². The summed E-state index contributed by atoms with van der Waals surface area (Å²) in [6, 6.07) is 16.7. The van der Waals surface area contributed by atoms with Crippen molar-refractivity contribution in [3.8, 4) is 5.75 Å². The molecule has 0 radical (unpaired) electrons. The Balaban J connectivity index is 1.41. The van der Waals surface area contributed by atoms with Crippen molar-refractivity contribution < 1.29 is 19.1 Å². The van der Waals surface area contributed by atoms with Crippen LogP contribution in [0.4, 0.5) is 5.69 Å². The maximum Gasteiger partial charge on any atom is 0.244 e. The molecule has 2 N–H and O–H groups in total. The maximum absolute atomic E-state index is 12.4. The zero-order chi connectivity index (χ0) is 21.3. The van der Waals surface area contributed by atoms with Gasteiger partial charge >= 0.3 is 0 Å². The average molecular weight is 407 g/mol. The zero-order valence-electron chi connectivity index (χ0n) is 16.8. The third-order valence-corrected chi connectivity index (χ3v) is 4.81. The molecule has 0 aromatic heterocycles. The number of rotatable bonds is 8. The summed E-state index contributed by atoms with van der Waals surface area (Å²) in [6.45, 7) is 0.932. The number of carbonyl (C=O) groups is 3. The summed E-state index contributed by atoms with van der Waals surface area (Å²) in [4.78, 5) is 38.2. The van der Waals surface area contributed by atoms with Crippen LogP contribution in [-0.2, 0) is 14.4 Å². The highest BCUT2D eigenvalue weighted by molar-refractivity contribution is 6.00. The first-order chi connectivity index (χ1) is 14.6. The van der Waals surface area contributed by atoms with Crippen molar-refractivity contribution in [1.29, 1.82) is 0 Å². The Morgan fingerprint density at radius 2 is 1.87 bits per heavy atom. The Morgan fingerprint density at radius 3 is 2.63 bits per heavy atom. The fourth-order valence-corrected chi connectivity index (χ4v) is 3.22. The molecule has 30 heavy (non-hydrogen) atoms. The van der Waals surface area contributed by atoms with Gasteiger partial charge in [0.1, 0.15) is 5.75 Å². The lowest BCUT2D eigenvalue weighted by Gasteiger charge is -2.17. The highest BCUT2D eigenvalue weighted by atomic mass is 16.5. The molecule has 0 bridgehead atoms. The number of benzene rings is 2. The van der Waals surface area contributed by atoms with Crippen LogP contribution in [0, 0.1) is 5.92 Å². The van der Waals surface area contributed by atoms with Gasteiger partial charge in [-0.1, -0.05) is 36.4 Å². The summed E-state index contributed by atoms with van der Waals surface area (Å²) in [5.41, 5.74) is 1.65. The quantitative estimate of drug-likeness (QED) is 0.518. The Morgan fingerprint density at radius 1 is 1.10 bits per heavy atom. The van der Waals surface area contributed by atoms with Crippen molar-refractivity contribution in [3.05, 3.63) is 66.2 Å². The fraction of sp³-hybridized carbons (Fsp3) is 0.261. The molecular formula is C23H25N3O4. The molecule has 1 saturated heterocycles. The van der Waals surface area contributed by atoms with E-state index in [-0.39, 0.29) is 24.1 Å². The zero-order valence-corrected chi connectivity index (χ0v) is 16.8. The van der Waals surface area contributed by atoms with Crippen molar-refractivity contribution in [1.82, 2.24) is 10.6 Å². The predicted octanol–water partition coefficient (Wildman–Crippen LogP) is 1.99. The number of anilines is 1. The topological polar surface area (TPSA) is 87.7 Å². The summed E-state index contributed by atoms with van der Waals surface area (Å²) >= 11 is 0. The molecule has 7 heteroatoms. The van der Waals surface area contributed by atoms with Crippen LogP contribution in [0.25, 0.3) is 6.08 Å². The number of carbonyl (C=O) groups excluding carboxylic acids is 3. The van der Waals surface area contributed by atoms with E-state index in [1.807, 2.05) is 42.5 Å². The van der Waals surface area contributed by atoms with Gasteiger partial charge in [-0.25, -0.2) is 0 Å². The van der Waals surface area contributed by atoms with E-state index >= 15 is 0 Å². The highest BCUT2D eigenvalue weighted by Crippen LogP contribution is 2.27. The Labute approximate surface area is 175 Å². The van der Waals surface area contributed by atoms with Crippen molar-refractivity contribution in [2.45, 2.75) is 6.42 Å². The maximum atomic E-state index is 12.4. The Hall–Kier alpha value is -3.61. The molecule has 2 aromatic carbocycles. The van der Waals surface area contributed by atoms with E-state index in [0.29, 0.717) is 31.1 Å². The SMILES string of the molecule is COc1cccc(N2CC(C(=O)NCCNC(=O)C=Cc3ccccc3)CC2=O)c1. The standard InChI is InChI=1S/C23H25N3O4/c1-30-20-9-5-8-19(15-20)26-16-18(14-22(26)28)23(29)25-13-12-24-21(27)11-10-17-6-3-2-4-7-17/h2-11,15,18H,12-14,16H2,1H3,(H,24,27)(H,25,29). The summed E-state index contributed by atoms with van der Waals surface area (Å²) in [7, 11) is 1.57. The number of nitrogens with one attached hydrogen (secondary N) is 2. The van der Waals surface area contributed by atoms with Crippen LogP contribution < -0.4 is 20.3 Å². The second-order valence-corrected chi connectivity index (χ2v) is 6.93. The predicted molar refractivity (Wildman–Crippen MR) is 115 cm³/mol. The van der Waals surface area contributed by atoms with E-state index in [4.69, 9.17) is 4.74 Å². The van der Waals surface area contributed by atoms with E-state index in [9.17, 15) is 14.4 Å². The second kappa shape index (κ2) is 10.2. The van der Waals surface area contributed by atoms with Gasteiger partial charge in [0.25, 0.3) is 0 Å². The number of methoxy groups -OCH3 is 1. The minimum atomic E-state index is -0.419. The summed E-state index contributed by atoms with van der Waals surface area (Å²) < 4.78 is 5.19. The molecule has 2 aromatic rings. The molecule has 156 valence electrons. The van der Waals surface area contributed by atoms with E-state index in [2.05, 4.69) is 10.6 Å². The molecule has 7 nitrogen and oxygen atoms in total.